The van der Waals surface area contributed by atoms with E-state index in [-0.39, 0.29) is 12.0 Å². The molecular weight excluding hydrogens is 294 g/mol. The maximum atomic E-state index is 11.9. The smallest absolute Gasteiger partial charge is 0.336 e. The predicted octanol–water partition coefficient (Wildman–Crippen LogP) is -1.78. The van der Waals surface area contributed by atoms with E-state index in [0.29, 0.717) is 17.8 Å². The fourth-order valence-corrected chi connectivity index (χ4v) is 2.16. The molecule has 2 heterocycles. The number of carbonyl (C=O) groups excluding carboxylic acids is 1. The normalized spacial score (nSPS) is 16.1. The number of esters is 1. The standard InChI is InChI=1S/C13H19N3O6/c1-4-13(6-21-7-13)8-22-9(17)5-16-11(19)14(2)10(18)15(3)12(16)20/h4-8H2,1-3H3. The van der Waals surface area contributed by atoms with E-state index >= 15 is 0 Å². The number of carbonyl (C=O) groups is 1. The summed E-state index contributed by atoms with van der Waals surface area (Å²) in [6.45, 7) is 2.68. The Bertz CT molecular complexity index is 707. The van der Waals surface area contributed by atoms with Gasteiger partial charge in [0, 0.05) is 14.1 Å². The molecule has 1 aromatic rings. The Morgan fingerprint density at radius 3 is 2.09 bits per heavy atom. The third-order valence-corrected chi connectivity index (χ3v) is 4.00. The Morgan fingerprint density at radius 2 is 1.68 bits per heavy atom. The SMILES string of the molecule is CCC1(COC(=O)Cn2c(=O)n(C)c(=O)n(C)c2=O)COC1. The second-order valence-electron chi connectivity index (χ2n) is 5.56. The van der Waals surface area contributed by atoms with E-state index in [4.69, 9.17) is 9.47 Å². The van der Waals surface area contributed by atoms with Gasteiger partial charge in [0.15, 0.2) is 0 Å². The van der Waals surface area contributed by atoms with Gasteiger partial charge < -0.3 is 9.47 Å². The average molecular weight is 313 g/mol. The lowest BCUT2D eigenvalue weighted by Gasteiger charge is -2.39. The summed E-state index contributed by atoms with van der Waals surface area (Å²) in [6.07, 6.45) is 0.807. The highest BCUT2D eigenvalue weighted by molar-refractivity contribution is 5.69. The summed E-state index contributed by atoms with van der Waals surface area (Å²) in [5.74, 6) is -0.697. The zero-order chi connectivity index (χ0) is 16.5. The highest BCUT2D eigenvalue weighted by Crippen LogP contribution is 2.31. The molecule has 122 valence electrons. The van der Waals surface area contributed by atoms with Crippen LogP contribution in [0.5, 0.6) is 0 Å². The summed E-state index contributed by atoms with van der Waals surface area (Å²) in [6, 6.07) is 0. The van der Waals surface area contributed by atoms with Gasteiger partial charge in [-0.25, -0.2) is 28.1 Å². The van der Waals surface area contributed by atoms with E-state index < -0.39 is 29.6 Å². The van der Waals surface area contributed by atoms with Crippen molar-refractivity contribution in [1.29, 1.82) is 0 Å². The molecule has 1 fully saturated rings. The lowest BCUT2D eigenvalue weighted by molar-refractivity contribution is -0.171. The van der Waals surface area contributed by atoms with Crippen molar-refractivity contribution in [3.8, 4) is 0 Å². The number of hydrogen-bond donors (Lipinski definition) is 0. The van der Waals surface area contributed by atoms with Crippen LogP contribution < -0.4 is 17.1 Å². The minimum absolute atomic E-state index is 0.172. The van der Waals surface area contributed by atoms with Gasteiger partial charge in [-0.15, -0.1) is 0 Å². The lowest BCUT2D eigenvalue weighted by atomic mass is 9.84. The van der Waals surface area contributed by atoms with E-state index in [2.05, 4.69) is 0 Å². The van der Waals surface area contributed by atoms with Crippen LogP contribution in [0.3, 0.4) is 0 Å². The molecule has 0 atom stereocenters. The Balaban J connectivity index is 2.14. The summed E-state index contributed by atoms with van der Waals surface area (Å²) >= 11 is 0. The molecule has 0 aliphatic carbocycles. The van der Waals surface area contributed by atoms with Gasteiger partial charge in [0.2, 0.25) is 0 Å². The van der Waals surface area contributed by atoms with Crippen molar-refractivity contribution in [3.63, 3.8) is 0 Å². The van der Waals surface area contributed by atoms with Crippen molar-refractivity contribution in [2.45, 2.75) is 19.9 Å². The number of rotatable bonds is 5. The molecule has 1 aliphatic rings. The van der Waals surface area contributed by atoms with Gasteiger partial charge in [-0.3, -0.25) is 4.79 Å². The van der Waals surface area contributed by atoms with E-state index in [0.717, 1.165) is 15.6 Å². The molecule has 22 heavy (non-hydrogen) atoms. The second-order valence-corrected chi connectivity index (χ2v) is 5.56. The molecule has 1 aromatic heterocycles. The fourth-order valence-electron chi connectivity index (χ4n) is 2.16. The number of hydrogen-bond acceptors (Lipinski definition) is 6. The third kappa shape index (κ3) is 2.76. The van der Waals surface area contributed by atoms with Crippen molar-refractivity contribution in [2.75, 3.05) is 19.8 Å². The van der Waals surface area contributed by atoms with Crippen molar-refractivity contribution < 1.29 is 14.3 Å². The minimum Gasteiger partial charge on any atom is -0.464 e. The Morgan fingerprint density at radius 1 is 1.14 bits per heavy atom. The molecule has 0 amide bonds. The zero-order valence-electron chi connectivity index (χ0n) is 12.8. The van der Waals surface area contributed by atoms with Crippen LogP contribution in [0.1, 0.15) is 13.3 Å². The first-order valence-electron chi connectivity index (χ1n) is 6.91. The maximum Gasteiger partial charge on any atom is 0.336 e. The molecule has 0 radical (unpaired) electrons. The summed E-state index contributed by atoms with van der Waals surface area (Å²) < 4.78 is 12.5. The molecule has 0 N–H and O–H groups in total. The summed E-state index contributed by atoms with van der Waals surface area (Å²) in [5, 5.41) is 0. The number of nitrogens with zero attached hydrogens (tertiary/aromatic N) is 3. The zero-order valence-corrected chi connectivity index (χ0v) is 12.8. The van der Waals surface area contributed by atoms with Crippen LogP contribution in [0.15, 0.2) is 14.4 Å². The molecule has 0 saturated carbocycles. The molecular formula is C13H19N3O6. The molecule has 0 bridgehead atoms. The number of ether oxygens (including phenoxy) is 2. The van der Waals surface area contributed by atoms with Crippen LogP contribution in [0.25, 0.3) is 0 Å². The van der Waals surface area contributed by atoms with Crippen molar-refractivity contribution in [2.24, 2.45) is 19.5 Å². The first-order chi connectivity index (χ1) is 10.3. The summed E-state index contributed by atoms with van der Waals surface area (Å²) in [7, 11) is 2.48. The molecule has 2 rings (SSSR count). The van der Waals surface area contributed by atoms with Crippen LogP contribution in [-0.2, 0) is 34.9 Å². The van der Waals surface area contributed by atoms with Gasteiger partial charge in [0.1, 0.15) is 13.2 Å². The Labute approximate surface area is 125 Å². The third-order valence-electron chi connectivity index (χ3n) is 4.00. The molecule has 0 spiro atoms. The molecule has 9 heteroatoms. The van der Waals surface area contributed by atoms with Crippen molar-refractivity contribution >= 4 is 5.97 Å². The molecule has 0 unspecified atom stereocenters. The van der Waals surface area contributed by atoms with Crippen molar-refractivity contribution in [3.05, 3.63) is 31.5 Å². The van der Waals surface area contributed by atoms with Crippen LogP contribution in [0.4, 0.5) is 0 Å². The Hall–Kier alpha value is -2.16. The van der Waals surface area contributed by atoms with Gasteiger partial charge in [-0.1, -0.05) is 6.92 Å². The van der Waals surface area contributed by atoms with Gasteiger partial charge in [-0.2, -0.15) is 0 Å². The summed E-state index contributed by atoms with van der Waals surface area (Å²) in [4.78, 5) is 47.3. The quantitative estimate of drug-likeness (QED) is 0.595. The van der Waals surface area contributed by atoms with Gasteiger partial charge >= 0.3 is 23.0 Å². The van der Waals surface area contributed by atoms with Crippen LogP contribution in [0.2, 0.25) is 0 Å². The highest BCUT2D eigenvalue weighted by atomic mass is 16.5. The van der Waals surface area contributed by atoms with Gasteiger partial charge in [0.05, 0.1) is 18.6 Å². The predicted molar refractivity (Wildman–Crippen MR) is 75.7 cm³/mol. The Kier molecular flexibility index (Phi) is 4.36. The van der Waals surface area contributed by atoms with Gasteiger partial charge in [-0.05, 0) is 6.42 Å². The molecule has 0 aromatic carbocycles. The topological polar surface area (TPSA) is 102 Å². The maximum absolute atomic E-state index is 11.9. The largest absolute Gasteiger partial charge is 0.464 e. The molecule has 1 aliphatic heterocycles. The van der Waals surface area contributed by atoms with Crippen LogP contribution in [-0.4, -0.2) is 39.5 Å². The van der Waals surface area contributed by atoms with Crippen LogP contribution >= 0.6 is 0 Å². The monoisotopic (exact) mass is 313 g/mol. The molecule has 1 saturated heterocycles. The van der Waals surface area contributed by atoms with E-state index in [1.165, 1.54) is 14.1 Å². The van der Waals surface area contributed by atoms with E-state index in [9.17, 15) is 19.2 Å². The first kappa shape index (κ1) is 16.2. The average Bonchev–Trinajstić information content (AvgIpc) is 2.47. The second kappa shape index (κ2) is 5.91. The lowest BCUT2D eigenvalue weighted by Crippen LogP contribution is -2.53. The molecule has 9 nitrogen and oxygen atoms in total. The van der Waals surface area contributed by atoms with Crippen LogP contribution in [0, 0.1) is 5.41 Å². The van der Waals surface area contributed by atoms with E-state index in [1.807, 2.05) is 6.92 Å². The first-order valence-corrected chi connectivity index (χ1v) is 6.91. The van der Waals surface area contributed by atoms with Gasteiger partial charge in [0.25, 0.3) is 0 Å². The highest BCUT2D eigenvalue weighted by Gasteiger charge is 2.38. The van der Waals surface area contributed by atoms with E-state index in [1.54, 1.807) is 0 Å². The van der Waals surface area contributed by atoms with Crippen molar-refractivity contribution in [1.82, 2.24) is 13.7 Å². The minimum atomic E-state index is -0.845. The summed E-state index contributed by atoms with van der Waals surface area (Å²) in [5.41, 5.74) is -2.60. The fraction of sp³-hybridized carbons (Fsp3) is 0.692. The number of aromatic nitrogens is 3.